The average Bonchev–Trinajstić information content (AvgIpc) is 2.86. The van der Waals surface area contributed by atoms with E-state index in [2.05, 4.69) is 33.3 Å². The number of aromatic nitrogens is 3. The number of pyridine rings is 1. The predicted molar refractivity (Wildman–Crippen MR) is 102 cm³/mol. The molecule has 0 aromatic carbocycles. The first-order valence-corrected chi connectivity index (χ1v) is 9.42. The summed E-state index contributed by atoms with van der Waals surface area (Å²) in [6, 6.07) is 4.32. The van der Waals surface area contributed by atoms with Crippen molar-refractivity contribution in [1.29, 1.82) is 0 Å². The van der Waals surface area contributed by atoms with Gasteiger partial charge in [-0.2, -0.15) is 5.10 Å². The van der Waals surface area contributed by atoms with Crippen molar-refractivity contribution in [2.24, 2.45) is 7.05 Å². The third-order valence-corrected chi connectivity index (χ3v) is 5.26. The van der Waals surface area contributed by atoms with Crippen LogP contribution in [-0.2, 0) is 24.8 Å². The Bertz CT molecular complexity index is 740. The summed E-state index contributed by atoms with van der Waals surface area (Å²) < 4.78 is 1.89. The highest BCUT2D eigenvalue weighted by Gasteiger charge is 2.21. The van der Waals surface area contributed by atoms with Crippen LogP contribution in [0.25, 0.3) is 0 Å². The molecule has 3 rings (SSSR count). The number of likely N-dealkylation sites (tertiary alicyclic amines) is 1. The molecule has 1 saturated heterocycles. The molecule has 0 bridgehead atoms. The van der Waals surface area contributed by atoms with E-state index in [-0.39, 0.29) is 11.9 Å². The molecular formula is C20H29N5O. The first kappa shape index (κ1) is 18.6. The molecule has 140 valence electrons. The van der Waals surface area contributed by atoms with Gasteiger partial charge in [0.25, 0.3) is 0 Å². The highest BCUT2D eigenvalue weighted by atomic mass is 16.1. The van der Waals surface area contributed by atoms with E-state index in [4.69, 9.17) is 0 Å². The van der Waals surface area contributed by atoms with Crippen LogP contribution in [0, 0.1) is 13.8 Å². The Balaban J connectivity index is 1.48. The molecule has 2 aromatic heterocycles. The standard InChI is InChI=1S/C20H29N5O/c1-15-19(16(2)24(3)23-15)8-9-20(26)22-18-7-5-11-25(14-18)13-17-6-4-10-21-12-17/h4,6,10,12,18H,5,7-9,11,13-14H2,1-3H3,(H,22,26)/t18-/m1/s1. The number of rotatable bonds is 6. The van der Waals surface area contributed by atoms with Gasteiger partial charge in [-0.05, 0) is 56.8 Å². The molecule has 3 heterocycles. The number of hydrogen-bond donors (Lipinski definition) is 1. The van der Waals surface area contributed by atoms with Crippen LogP contribution < -0.4 is 5.32 Å². The van der Waals surface area contributed by atoms with Gasteiger partial charge in [0, 0.05) is 50.7 Å². The predicted octanol–water partition coefficient (Wildman–Crippen LogP) is 2.15. The van der Waals surface area contributed by atoms with Crippen molar-refractivity contribution in [2.45, 2.75) is 52.1 Å². The van der Waals surface area contributed by atoms with Crippen molar-refractivity contribution < 1.29 is 4.79 Å². The molecule has 1 N–H and O–H groups in total. The average molecular weight is 355 g/mol. The van der Waals surface area contributed by atoms with Crippen molar-refractivity contribution in [3.63, 3.8) is 0 Å². The van der Waals surface area contributed by atoms with Gasteiger partial charge in [-0.3, -0.25) is 19.4 Å². The zero-order chi connectivity index (χ0) is 18.5. The SMILES string of the molecule is Cc1nn(C)c(C)c1CCC(=O)N[C@@H]1CCCN(Cc2cccnc2)C1. The number of hydrogen-bond acceptors (Lipinski definition) is 4. The summed E-state index contributed by atoms with van der Waals surface area (Å²) in [5.41, 5.74) is 4.60. The summed E-state index contributed by atoms with van der Waals surface area (Å²) in [7, 11) is 1.95. The molecule has 1 atom stereocenters. The van der Waals surface area contributed by atoms with Crippen LogP contribution in [0.3, 0.4) is 0 Å². The largest absolute Gasteiger partial charge is 0.352 e. The molecule has 2 aromatic rings. The van der Waals surface area contributed by atoms with Crippen molar-refractivity contribution >= 4 is 5.91 Å². The molecule has 6 nitrogen and oxygen atoms in total. The van der Waals surface area contributed by atoms with Crippen molar-refractivity contribution in [3.05, 3.63) is 47.0 Å². The van der Waals surface area contributed by atoms with Gasteiger partial charge in [0.05, 0.1) is 5.69 Å². The van der Waals surface area contributed by atoms with Gasteiger partial charge in [0.1, 0.15) is 0 Å². The summed E-state index contributed by atoms with van der Waals surface area (Å²) in [5.74, 6) is 0.140. The van der Waals surface area contributed by atoms with Crippen molar-refractivity contribution in [3.8, 4) is 0 Å². The second-order valence-corrected chi connectivity index (χ2v) is 7.28. The number of carbonyl (C=O) groups excluding carboxylic acids is 1. The van der Waals surface area contributed by atoms with Crippen LogP contribution in [0.15, 0.2) is 24.5 Å². The van der Waals surface area contributed by atoms with E-state index in [1.165, 1.54) is 11.1 Å². The Labute approximate surface area is 155 Å². The molecule has 0 saturated carbocycles. The number of carbonyl (C=O) groups is 1. The molecule has 6 heteroatoms. The van der Waals surface area contributed by atoms with Crippen molar-refractivity contribution in [2.75, 3.05) is 13.1 Å². The minimum atomic E-state index is 0.140. The van der Waals surface area contributed by atoms with E-state index in [9.17, 15) is 4.79 Å². The third kappa shape index (κ3) is 4.69. The lowest BCUT2D eigenvalue weighted by atomic mass is 10.0. The lowest BCUT2D eigenvalue weighted by Gasteiger charge is -2.33. The minimum Gasteiger partial charge on any atom is -0.352 e. The number of amides is 1. The molecule has 0 spiro atoms. The highest BCUT2D eigenvalue weighted by Crippen LogP contribution is 2.16. The van der Waals surface area contributed by atoms with Crippen LogP contribution in [0.5, 0.6) is 0 Å². The molecule has 1 aliphatic heterocycles. The molecule has 0 unspecified atom stereocenters. The summed E-state index contributed by atoms with van der Waals surface area (Å²) in [4.78, 5) is 19.0. The molecular weight excluding hydrogens is 326 g/mol. The number of aryl methyl sites for hydroxylation is 2. The third-order valence-electron chi connectivity index (χ3n) is 5.26. The second-order valence-electron chi connectivity index (χ2n) is 7.28. The smallest absolute Gasteiger partial charge is 0.220 e. The van der Waals surface area contributed by atoms with Gasteiger partial charge in [-0.25, -0.2) is 0 Å². The maximum Gasteiger partial charge on any atom is 0.220 e. The summed E-state index contributed by atoms with van der Waals surface area (Å²) in [5, 5.41) is 7.65. The molecule has 1 fully saturated rings. The van der Waals surface area contributed by atoms with Crippen LogP contribution in [0.2, 0.25) is 0 Å². The van der Waals surface area contributed by atoms with Crippen molar-refractivity contribution in [1.82, 2.24) is 25.0 Å². The van der Waals surface area contributed by atoms with Gasteiger partial charge in [0.2, 0.25) is 5.91 Å². The maximum absolute atomic E-state index is 12.4. The van der Waals surface area contributed by atoms with Crippen LogP contribution >= 0.6 is 0 Å². The first-order chi connectivity index (χ1) is 12.5. The fourth-order valence-corrected chi connectivity index (χ4v) is 3.78. The van der Waals surface area contributed by atoms with Gasteiger partial charge < -0.3 is 5.32 Å². The monoisotopic (exact) mass is 355 g/mol. The lowest BCUT2D eigenvalue weighted by molar-refractivity contribution is -0.122. The van der Waals surface area contributed by atoms with E-state index >= 15 is 0 Å². The van der Waals surface area contributed by atoms with E-state index in [0.717, 1.165) is 50.3 Å². The fourth-order valence-electron chi connectivity index (χ4n) is 3.78. The van der Waals surface area contributed by atoms with Gasteiger partial charge in [-0.15, -0.1) is 0 Å². The Morgan fingerprint density at radius 2 is 2.23 bits per heavy atom. The quantitative estimate of drug-likeness (QED) is 0.862. The Morgan fingerprint density at radius 3 is 2.92 bits per heavy atom. The van der Waals surface area contributed by atoms with Gasteiger partial charge in [0.15, 0.2) is 0 Å². The topological polar surface area (TPSA) is 63.1 Å². The molecule has 0 aliphatic carbocycles. The highest BCUT2D eigenvalue weighted by molar-refractivity contribution is 5.76. The normalized spacial score (nSPS) is 18.0. The van der Waals surface area contributed by atoms with E-state index in [1.807, 2.05) is 30.9 Å². The summed E-state index contributed by atoms with van der Waals surface area (Å²) in [6.07, 6.45) is 7.16. The first-order valence-electron chi connectivity index (χ1n) is 9.42. The molecule has 1 amide bonds. The Hall–Kier alpha value is -2.21. The van der Waals surface area contributed by atoms with Gasteiger partial charge in [-0.1, -0.05) is 6.07 Å². The Morgan fingerprint density at radius 1 is 1.38 bits per heavy atom. The molecule has 26 heavy (non-hydrogen) atoms. The van der Waals surface area contributed by atoms with Crippen LogP contribution in [0.4, 0.5) is 0 Å². The number of nitrogens with zero attached hydrogens (tertiary/aromatic N) is 4. The van der Waals surface area contributed by atoms with Gasteiger partial charge >= 0.3 is 0 Å². The number of nitrogens with one attached hydrogen (secondary N) is 1. The summed E-state index contributed by atoms with van der Waals surface area (Å²) >= 11 is 0. The fraction of sp³-hybridized carbons (Fsp3) is 0.550. The van der Waals surface area contributed by atoms with E-state index in [0.29, 0.717) is 6.42 Å². The van der Waals surface area contributed by atoms with Crippen LogP contribution in [0.1, 0.15) is 41.8 Å². The van der Waals surface area contributed by atoms with E-state index in [1.54, 1.807) is 6.20 Å². The van der Waals surface area contributed by atoms with E-state index < -0.39 is 0 Å². The molecule has 1 aliphatic rings. The maximum atomic E-state index is 12.4. The zero-order valence-electron chi connectivity index (χ0n) is 16.0. The lowest BCUT2D eigenvalue weighted by Crippen LogP contribution is -2.47. The second kappa shape index (κ2) is 8.45. The zero-order valence-corrected chi connectivity index (χ0v) is 16.0. The van der Waals surface area contributed by atoms with Crippen LogP contribution in [-0.4, -0.2) is 44.7 Å². The Kier molecular flexibility index (Phi) is 6.04. The molecule has 0 radical (unpaired) electrons. The summed E-state index contributed by atoms with van der Waals surface area (Å²) in [6.45, 7) is 6.96. The number of piperidine rings is 1. The minimum absolute atomic E-state index is 0.140.